The maximum absolute atomic E-state index is 12.3. The van der Waals surface area contributed by atoms with Crippen LogP contribution < -0.4 is 5.32 Å². The van der Waals surface area contributed by atoms with Crippen LogP contribution in [-0.4, -0.2) is 86.1 Å². The molecular weight excluding hydrogens is 264 g/mol. The van der Waals surface area contributed by atoms with E-state index in [9.17, 15) is 4.79 Å². The Kier molecular flexibility index (Phi) is 6.45. The second kappa shape index (κ2) is 8.11. The summed E-state index contributed by atoms with van der Waals surface area (Å²) in [4.78, 5) is 19.0. The highest BCUT2D eigenvalue weighted by atomic mass is 16.2. The Labute approximate surface area is 129 Å². The van der Waals surface area contributed by atoms with Crippen LogP contribution in [0.5, 0.6) is 0 Å². The van der Waals surface area contributed by atoms with Crippen LogP contribution in [0.2, 0.25) is 0 Å². The number of nitrogens with one attached hydrogen (secondary N) is 1. The molecule has 0 radical (unpaired) electrons. The second-order valence-electron chi connectivity index (χ2n) is 6.64. The molecule has 0 saturated carbocycles. The molecule has 122 valence electrons. The van der Waals surface area contributed by atoms with Gasteiger partial charge >= 0.3 is 0 Å². The van der Waals surface area contributed by atoms with Gasteiger partial charge < -0.3 is 15.1 Å². The largest absolute Gasteiger partial charge is 0.339 e. The number of piperidine rings is 1. The summed E-state index contributed by atoms with van der Waals surface area (Å²) in [6.45, 7) is 12.1. The van der Waals surface area contributed by atoms with E-state index in [1.807, 2.05) is 4.90 Å². The minimum Gasteiger partial charge on any atom is -0.339 e. The van der Waals surface area contributed by atoms with Crippen molar-refractivity contribution in [2.24, 2.45) is 5.92 Å². The van der Waals surface area contributed by atoms with Crippen molar-refractivity contribution in [2.45, 2.75) is 32.7 Å². The minimum absolute atomic E-state index is 0.321. The number of carbonyl (C=O) groups excluding carboxylic acids is 1. The lowest BCUT2D eigenvalue weighted by Crippen LogP contribution is -2.51. The number of piperazine rings is 1. The molecule has 2 saturated heterocycles. The molecule has 2 heterocycles. The zero-order valence-electron chi connectivity index (χ0n) is 14.0. The summed E-state index contributed by atoms with van der Waals surface area (Å²) in [5.41, 5.74) is 0. The van der Waals surface area contributed by atoms with Gasteiger partial charge in [-0.05, 0) is 52.4 Å². The Morgan fingerprint density at radius 2 is 1.76 bits per heavy atom. The monoisotopic (exact) mass is 296 g/mol. The number of hydrogen-bond acceptors (Lipinski definition) is 4. The number of likely N-dealkylation sites (tertiary alicyclic amines) is 1. The summed E-state index contributed by atoms with van der Waals surface area (Å²) in [6.07, 6.45) is 2.42. The Bertz CT molecular complexity index is 320. The van der Waals surface area contributed by atoms with E-state index < -0.39 is 0 Å². The number of likely N-dealkylation sites (N-methyl/N-ethyl adjacent to an activating group) is 1. The van der Waals surface area contributed by atoms with Crippen molar-refractivity contribution < 1.29 is 4.79 Å². The first-order valence-electron chi connectivity index (χ1n) is 8.52. The summed E-state index contributed by atoms with van der Waals surface area (Å²) in [5, 5.41) is 3.53. The molecular formula is C16H32N4O. The first kappa shape index (κ1) is 16.7. The molecule has 21 heavy (non-hydrogen) atoms. The van der Waals surface area contributed by atoms with Gasteiger partial charge in [-0.1, -0.05) is 6.92 Å². The van der Waals surface area contributed by atoms with Crippen molar-refractivity contribution in [1.29, 1.82) is 0 Å². The Morgan fingerprint density at radius 3 is 2.33 bits per heavy atom. The molecule has 1 atom stereocenters. The van der Waals surface area contributed by atoms with Crippen LogP contribution in [0.4, 0.5) is 0 Å². The molecule has 0 bridgehead atoms. The summed E-state index contributed by atoms with van der Waals surface area (Å²) in [5.74, 6) is 1.08. The van der Waals surface area contributed by atoms with E-state index in [0.29, 0.717) is 18.5 Å². The maximum Gasteiger partial charge on any atom is 0.236 e. The Balaban J connectivity index is 1.69. The molecule has 0 aromatic carbocycles. The first-order valence-corrected chi connectivity index (χ1v) is 8.52. The molecule has 1 amide bonds. The molecule has 0 aliphatic carbocycles. The third-order valence-electron chi connectivity index (χ3n) is 5.08. The molecule has 2 aliphatic rings. The third-order valence-corrected chi connectivity index (χ3v) is 5.08. The SMILES string of the molecule is CCNC(C)C1CCN(CC(=O)N2CCN(C)CC2)CC1. The molecule has 2 fully saturated rings. The fourth-order valence-electron chi connectivity index (χ4n) is 3.45. The van der Waals surface area contributed by atoms with Crippen LogP contribution in [0.1, 0.15) is 26.7 Å². The highest BCUT2D eigenvalue weighted by molar-refractivity contribution is 5.78. The van der Waals surface area contributed by atoms with E-state index in [1.165, 1.54) is 12.8 Å². The highest BCUT2D eigenvalue weighted by Crippen LogP contribution is 2.20. The van der Waals surface area contributed by atoms with Crippen LogP contribution in [0.3, 0.4) is 0 Å². The molecule has 0 aromatic heterocycles. The molecule has 5 nitrogen and oxygen atoms in total. The zero-order valence-corrected chi connectivity index (χ0v) is 14.0. The second-order valence-corrected chi connectivity index (χ2v) is 6.64. The molecule has 0 spiro atoms. The third kappa shape index (κ3) is 4.94. The molecule has 5 heteroatoms. The number of hydrogen-bond donors (Lipinski definition) is 1. The average Bonchev–Trinajstić information content (AvgIpc) is 2.49. The van der Waals surface area contributed by atoms with E-state index in [2.05, 4.69) is 36.0 Å². The van der Waals surface area contributed by atoms with E-state index in [4.69, 9.17) is 0 Å². The molecule has 1 N–H and O–H groups in total. The normalized spacial score (nSPS) is 24.2. The maximum atomic E-state index is 12.3. The van der Waals surface area contributed by atoms with Crippen LogP contribution in [0.15, 0.2) is 0 Å². The van der Waals surface area contributed by atoms with Crippen LogP contribution in [-0.2, 0) is 4.79 Å². The quantitative estimate of drug-likeness (QED) is 0.800. The summed E-state index contributed by atoms with van der Waals surface area (Å²) < 4.78 is 0. The number of carbonyl (C=O) groups is 1. The van der Waals surface area contributed by atoms with Crippen molar-refractivity contribution in [3.8, 4) is 0 Å². The van der Waals surface area contributed by atoms with E-state index in [1.54, 1.807) is 0 Å². The minimum atomic E-state index is 0.321. The van der Waals surface area contributed by atoms with Gasteiger partial charge in [0, 0.05) is 32.2 Å². The van der Waals surface area contributed by atoms with Crippen molar-refractivity contribution in [3.63, 3.8) is 0 Å². The van der Waals surface area contributed by atoms with Crippen molar-refractivity contribution in [1.82, 2.24) is 20.0 Å². The van der Waals surface area contributed by atoms with Gasteiger partial charge in [0.1, 0.15) is 0 Å². The molecule has 2 rings (SSSR count). The summed E-state index contributed by atoms with van der Waals surface area (Å²) in [7, 11) is 2.12. The topological polar surface area (TPSA) is 38.8 Å². The van der Waals surface area contributed by atoms with Gasteiger partial charge in [0.05, 0.1) is 6.54 Å². The van der Waals surface area contributed by atoms with Crippen LogP contribution in [0, 0.1) is 5.92 Å². The van der Waals surface area contributed by atoms with Crippen molar-refractivity contribution in [2.75, 3.05) is 59.4 Å². The van der Waals surface area contributed by atoms with Gasteiger partial charge in [0.2, 0.25) is 5.91 Å². The number of nitrogens with zero attached hydrogens (tertiary/aromatic N) is 3. The van der Waals surface area contributed by atoms with Crippen LogP contribution >= 0.6 is 0 Å². The summed E-state index contributed by atoms with van der Waals surface area (Å²) in [6, 6.07) is 0.602. The van der Waals surface area contributed by atoms with Gasteiger partial charge in [-0.3, -0.25) is 9.69 Å². The fourth-order valence-corrected chi connectivity index (χ4v) is 3.45. The van der Waals surface area contributed by atoms with Crippen LogP contribution in [0.25, 0.3) is 0 Å². The first-order chi connectivity index (χ1) is 10.1. The molecule has 2 aliphatic heterocycles. The van der Waals surface area contributed by atoms with Crippen molar-refractivity contribution >= 4 is 5.91 Å². The molecule has 1 unspecified atom stereocenters. The predicted octanol–water partition coefficient (Wildman–Crippen LogP) is 0.470. The lowest BCUT2D eigenvalue weighted by Gasteiger charge is -2.37. The summed E-state index contributed by atoms with van der Waals surface area (Å²) >= 11 is 0. The lowest BCUT2D eigenvalue weighted by molar-refractivity contribution is -0.134. The predicted molar refractivity (Wildman–Crippen MR) is 86.4 cm³/mol. The van der Waals surface area contributed by atoms with E-state index >= 15 is 0 Å². The Hall–Kier alpha value is -0.650. The highest BCUT2D eigenvalue weighted by Gasteiger charge is 2.26. The van der Waals surface area contributed by atoms with Crippen molar-refractivity contribution in [3.05, 3.63) is 0 Å². The van der Waals surface area contributed by atoms with Gasteiger partial charge in [-0.25, -0.2) is 0 Å². The van der Waals surface area contributed by atoms with Gasteiger partial charge in [-0.2, -0.15) is 0 Å². The smallest absolute Gasteiger partial charge is 0.236 e. The van der Waals surface area contributed by atoms with Gasteiger partial charge in [0.25, 0.3) is 0 Å². The van der Waals surface area contributed by atoms with Gasteiger partial charge in [-0.15, -0.1) is 0 Å². The van der Waals surface area contributed by atoms with Gasteiger partial charge in [0.15, 0.2) is 0 Å². The molecule has 0 aromatic rings. The standard InChI is InChI=1S/C16H32N4O/c1-4-17-14(2)15-5-7-19(8-6-15)13-16(21)20-11-9-18(3)10-12-20/h14-15,17H,4-13H2,1-3H3. The van der Waals surface area contributed by atoms with E-state index in [0.717, 1.165) is 51.7 Å². The zero-order chi connectivity index (χ0) is 15.2. The fraction of sp³-hybridized carbons (Fsp3) is 0.938. The average molecular weight is 296 g/mol. The van der Waals surface area contributed by atoms with E-state index in [-0.39, 0.29) is 0 Å². The Morgan fingerprint density at radius 1 is 1.14 bits per heavy atom. The number of rotatable bonds is 5. The number of amides is 1. The lowest BCUT2D eigenvalue weighted by atomic mass is 9.90.